The third-order valence-electron chi connectivity index (χ3n) is 4.52. The van der Waals surface area contributed by atoms with E-state index in [9.17, 15) is 17.6 Å². The lowest BCUT2D eigenvalue weighted by Crippen LogP contribution is -2.40. The summed E-state index contributed by atoms with van der Waals surface area (Å²) in [5.74, 6) is 0.104. The molecule has 0 saturated carbocycles. The molecule has 7 nitrogen and oxygen atoms in total. The van der Waals surface area contributed by atoms with Gasteiger partial charge < -0.3 is 14.8 Å². The minimum absolute atomic E-state index is 0.0211. The average molecular weight is 493 g/mol. The molecule has 1 amide bonds. The van der Waals surface area contributed by atoms with E-state index in [0.717, 1.165) is 33.3 Å². The van der Waals surface area contributed by atoms with Crippen molar-refractivity contribution in [2.45, 2.75) is 30.7 Å². The van der Waals surface area contributed by atoms with Gasteiger partial charge in [0.2, 0.25) is 5.91 Å². The molecular weight excluding hydrogens is 467 g/mol. The molecule has 1 aromatic heterocycles. The van der Waals surface area contributed by atoms with Gasteiger partial charge in [-0.2, -0.15) is 0 Å². The van der Waals surface area contributed by atoms with Crippen molar-refractivity contribution in [3.05, 3.63) is 71.4 Å². The number of hydrogen-bond donors (Lipinski definition) is 1. The minimum atomic E-state index is -4.00. The number of sulfonamides is 1. The van der Waals surface area contributed by atoms with Crippen LogP contribution >= 0.6 is 11.3 Å². The van der Waals surface area contributed by atoms with E-state index in [4.69, 9.17) is 9.47 Å². The fraction of sp³-hybridized carbons (Fsp3) is 0.261. The first kappa shape index (κ1) is 24.5. The standard InChI is InChI=1S/C23H25FN2O5S2/c1-16(2)31-20-11-6-17(13-21(20)30-3)14-25-22(27)15-26(19-9-7-18(24)8-10-19)33(28,29)23-5-4-12-32-23/h4-13,16H,14-15H2,1-3H3,(H,25,27). The zero-order chi connectivity index (χ0) is 24.0. The van der Waals surface area contributed by atoms with E-state index in [1.54, 1.807) is 29.6 Å². The molecule has 0 fully saturated rings. The summed E-state index contributed by atoms with van der Waals surface area (Å²) < 4.78 is 51.7. The smallest absolute Gasteiger partial charge is 0.274 e. The SMILES string of the molecule is COc1cc(CNC(=O)CN(c2ccc(F)cc2)S(=O)(=O)c2cccs2)ccc1OC(C)C. The Morgan fingerprint density at radius 3 is 2.45 bits per heavy atom. The van der Waals surface area contributed by atoms with Gasteiger partial charge in [-0.1, -0.05) is 12.1 Å². The van der Waals surface area contributed by atoms with E-state index >= 15 is 0 Å². The maximum absolute atomic E-state index is 13.4. The number of carbonyl (C=O) groups is 1. The molecule has 0 spiro atoms. The summed E-state index contributed by atoms with van der Waals surface area (Å²) >= 11 is 1.04. The summed E-state index contributed by atoms with van der Waals surface area (Å²) in [5.41, 5.74) is 0.947. The normalized spacial score (nSPS) is 11.3. The van der Waals surface area contributed by atoms with Crippen molar-refractivity contribution in [3.8, 4) is 11.5 Å². The Kier molecular flexibility index (Phi) is 7.93. The molecular formula is C23H25FN2O5S2. The monoisotopic (exact) mass is 492 g/mol. The maximum atomic E-state index is 13.4. The van der Waals surface area contributed by atoms with Crippen molar-refractivity contribution in [3.63, 3.8) is 0 Å². The quantitative estimate of drug-likeness (QED) is 0.459. The lowest BCUT2D eigenvalue weighted by Gasteiger charge is -2.23. The number of carbonyl (C=O) groups excluding carboxylic acids is 1. The van der Waals surface area contributed by atoms with Crippen LogP contribution in [0.15, 0.2) is 64.2 Å². The highest BCUT2D eigenvalue weighted by atomic mass is 32.2. The van der Waals surface area contributed by atoms with Crippen molar-refractivity contribution in [2.75, 3.05) is 18.0 Å². The van der Waals surface area contributed by atoms with Crippen LogP contribution in [0.2, 0.25) is 0 Å². The van der Waals surface area contributed by atoms with Gasteiger partial charge in [0, 0.05) is 6.54 Å². The molecule has 0 unspecified atom stereocenters. The Bertz CT molecular complexity index is 1180. The molecule has 1 N–H and O–H groups in total. The van der Waals surface area contributed by atoms with E-state index in [1.807, 2.05) is 13.8 Å². The molecule has 33 heavy (non-hydrogen) atoms. The van der Waals surface area contributed by atoms with Crippen LogP contribution in [0.1, 0.15) is 19.4 Å². The van der Waals surface area contributed by atoms with Gasteiger partial charge in [0.15, 0.2) is 11.5 Å². The van der Waals surface area contributed by atoms with E-state index < -0.39 is 28.3 Å². The number of rotatable bonds is 10. The fourth-order valence-corrected chi connectivity index (χ4v) is 5.53. The molecule has 0 bridgehead atoms. The summed E-state index contributed by atoms with van der Waals surface area (Å²) in [5, 5.41) is 4.36. The van der Waals surface area contributed by atoms with Gasteiger partial charge in [0.25, 0.3) is 10.0 Å². The van der Waals surface area contributed by atoms with Gasteiger partial charge in [0.1, 0.15) is 16.6 Å². The number of amides is 1. The van der Waals surface area contributed by atoms with Crippen LogP contribution in [0.3, 0.4) is 0 Å². The molecule has 0 aliphatic carbocycles. The molecule has 3 rings (SSSR count). The van der Waals surface area contributed by atoms with Crippen LogP contribution in [0.5, 0.6) is 11.5 Å². The molecule has 10 heteroatoms. The average Bonchev–Trinajstić information content (AvgIpc) is 3.33. The molecule has 1 heterocycles. The lowest BCUT2D eigenvalue weighted by atomic mass is 10.2. The van der Waals surface area contributed by atoms with Gasteiger partial charge in [-0.25, -0.2) is 12.8 Å². The van der Waals surface area contributed by atoms with Gasteiger partial charge in [0.05, 0.1) is 18.9 Å². The van der Waals surface area contributed by atoms with Crippen molar-refractivity contribution >= 4 is 33.0 Å². The molecule has 176 valence electrons. The van der Waals surface area contributed by atoms with Crippen molar-refractivity contribution in [1.82, 2.24) is 5.32 Å². The van der Waals surface area contributed by atoms with Gasteiger partial charge in [-0.15, -0.1) is 11.3 Å². The third-order valence-corrected chi connectivity index (χ3v) is 7.67. The molecule has 3 aromatic rings. The molecule has 2 aromatic carbocycles. The van der Waals surface area contributed by atoms with Crippen molar-refractivity contribution < 1.29 is 27.1 Å². The Balaban J connectivity index is 1.76. The predicted octanol–water partition coefficient (Wildman–Crippen LogP) is 4.19. The number of nitrogens with zero attached hydrogens (tertiary/aromatic N) is 1. The highest BCUT2D eigenvalue weighted by molar-refractivity contribution is 7.94. The lowest BCUT2D eigenvalue weighted by molar-refractivity contribution is -0.119. The first-order valence-corrected chi connectivity index (χ1v) is 12.4. The fourth-order valence-electron chi connectivity index (χ4n) is 3.00. The summed E-state index contributed by atoms with van der Waals surface area (Å²) in [6, 6.07) is 13.3. The second-order valence-corrected chi connectivity index (χ2v) is 10.4. The summed E-state index contributed by atoms with van der Waals surface area (Å²) in [6.07, 6.45) is -0.0211. The number of benzene rings is 2. The van der Waals surface area contributed by atoms with Crippen molar-refractivity contribution in [2.24, 2.45) is 0 Å². The van der Waals surface area contributed by atoms with Crippen LogP contribution < -0.4 is 19.1 Å². The zero-order valence-electron chi connectivity index (χ0n) is 18.4. The minimum Gasteiger partial charge on any atom is -0.493 e. The first-order valence-electron chi connectivity index (χ1n) is 10.1. The number of ether oxygens (including phenoxy) is 2. The van der Waals surface area contributed by atoms with E-state index in [0.29, 0.717) is 11.5 Å². The topological polar surface area (TPSA) is 84.9 Å². The molecule has 0 saturated heterocycles. The Hall–Kier alpha value is -3.11. The molecule has 0 atom stereocenters. The number of anilines is 1. The Labute approximate surface area is 196 Å². The summed E-state index contributed by atoms with van der Waals surface area (Å²) in [6.45, 7) is 3.51. The maximum Gasteiger partial charge on any atom is 0.274 e. The van der Waals surface area contributed by atoms with Crippen LogP contribution in [0.4, 0.5) is 10.1 Å². The first-order chi connectivity index (χ1) is 15.7. The summed E-state index contributed by atoms with van der Waals surface area (Å²) in [7, 11) is -2.47. The van der Waals surface area contributed by atoms with E-state index in [-0.39, 0.29) is 22.5 Å². The van der Waals surface area contributed by atoms with Gasteiger partial charge in [-0.3, -0.25) is 9.10 Å². The third kappa shape index (κ3) is 6.23. The Morgan fingerprint density at radius 1 is 1.12 bits per heavy atom. The van der Waals surface area contributed by atoms with Crippen molar-refractivity contribution in [1.29, 1.82) is 0 Å². The highest BCUT2D eigenvalue weighted by Gasteiger charge is 2.28. The molecule has 0 aliphatic heterocycles. The van der Waals surface area contributed by atoms with Gasteiger partial charge in [-0.05, 0) is 67.3 Å². The largest absolute Gasteiger partial charge is 0.493 e. The molecule has 0 radical (unpaired) electrons. The highest BCUT2D eigenvalue weighted by Crippen LogP contribution is 2.29. The van der Waals surface area contributed by atoms with Crippen LogP contribution in [-0.4, -0.2) is 34.1 Å². The van der Waals surface area contributed by atoms with E-state index in [1.165, 1.54) is 25.3 Å². The van der Waals surface area contributed by atoms with Crippen LogP contribution in [0, 0.1) is 5.82 Å². The van der Waals surface area contributed by atoms with E-state index in [2.05, 4.69) is 5.32 Å². The number of halogens is 1. The summed E-state index contributed by atoms with van der Waals surface area (Å²) in [4.78, 5) is 12.7. The molecule has 0 aliphatic rings. The number of nitrogens with one attached hydrogen (secondary N) is 1. The second kappa shape index (κ2) is 10.7. The van der Waals surface area contributed by atoms with Crippen LogP contribution in [0.25, 0.3) is 0 Å². The van der Waals surface area contributed by atoms with Crippen LogP contribution in [-0.2, 0) is 21.4 Å². The number of thiophene rings is 1. The number of methoxy groups -OCH3 is 1. The zero-order valence-corrected chi connectivity index (χ0v) is 20.1. The predicted molar refractivity (Wildman–Crippen MR) is 126 cm³/mol. The Morgan fingerprint density at radius 2 is 1.85 bits per heavy atom. The number of hydrogen-bond acceptors (Lipinski definition) is 6. The second-order valence-electron chi connectivity index (χ2n) is 7.35. The van der Waals surface area contributed by atoms with Gasteiger partial charge >= 0.3 is 0 Å².